The summed E-state index contributed by atoms with van der Waals surface area (Å²) in [6, 6.07) is 16.3. The van der Waals surface area contributed by atoms with E-state index in [0.29, 0.717) is 19.8 Å². The van der Waals surface area contributed by atoms with Gasteiger partial charge in [0.2, 0.25) is 0 Å². The van der Waals surface area contributed by atoms with Crippen LogP contribution in [0.15, 0.2) is 73.8 Å². The van der Waals surface area contributed by atoms with E-state index in [-0.39, 0.29) is 11.4 Å². The van der Waals surface area contributed by atoms with Gasteiger partial charge in [-0.15, -0.1) is 0 Å². The number of esters is 1. The summed E-state index contributed by atoms with van der Waals surface area (Å²) >= 11 is 3.35. The minimum Gasteiger partial charge on any atom is -0.490 e. The summed E-state index contributed by atoms with van der Waals surface area (Å²) in [7, 11) is 0. The summed E-state index contributed by atoms with van der Waals surface area (Å²) in [4.78, 5) is 12.1. The molecule has 0 heterocycles. The number of halogens is 1. The number of alkyl halides is 1. The quantitative estimate of drug-likeness (QED) is 0.134. The Hall–Kier alpha value is -2.53. The molecule has 0 spiro atoms. The highest BCUT2D eigenvalue weighted by molar-refractivity contribution is 9.10. The number of rotatable bonds is 13. The molecule has 0 fully saturated rings. The molecule has 4 nitrogen and oxygen atoms in total. The second-order valence-electron chi connectivity index (χ2n) is 8.29. The van der Waals surface area contributed by atoms with E-state index in [4.69, 9.17) is 14.2 Å². The lowest BCUT2D eigenvalue weighted by molar-refractivity contribution is -0.145. The molecule has 0 radical (unpaired) electrons. The van der Waals surface area contributed by atoms with Crippen LogP contribution >= 0.6 is 15.9 Å². The predicted molar refractivity (Wildman–Crippen MR) is 134 cm³/mol. The van der Waals surface area contributed by atoms with E-state index in [9.17, 15) is 4.79 Å². The van der Waals surface area contributed by atoms with Gasteiger partial charge in [-0.2, -0.15) is 0 Å². The highest BCUT2D eigenvalue weighted by Crippen LogP contribution is 2.38. The first kappa shape index (κ1) is 25.7. The van der Waals surface area contributed by atoms with Gasteiger partial charge >= 0.3 is 5.97 Å². The smallest absolute Gasteiger partial charge is 0.322 e. The molecule has 2 rings (SSSR count). The summed E-state index contributed by atoms with van der Waals surface area (Å²) in [6.45, 7) is 14.5. The van der Waals surface area contributed by atoms with Crippen molar-refractivity contribution in [1.82, 2.24) is 0 Å². The molecule has 0 bridgehead atoms. The standard InChI is InChI=1S/C27H33BrO4/c1-6-18-30-23-13-9-21(10-14-23)27(5,17-8-20-32-25(29)26(3,4)28)22-11-15-24(16-12-22)31-19-7-2/h6-7,9-16H,1-2,8,17-20H2,3-5H3. The van der Waals surface area contributed by atoms with Crippen LogP contribution in [0.4, 0.5) is 0 Å². The molecule has 0 aliphatic carbocycles. The van der Waals surface area contributed by atoms with Gasteiger partial charge in [-0.1, -0.05) is 72.4 Å². The van der Waals surface area contributed by atoms with Gasteiger partial charge in [0, 0.05) is 5.41 Å². The molecule has 0 aliphatic heterocycles. The molecule has 2 aromatic rings. The monoisotopic (exact) mass is 500 g/mol. The van der Waals surface area contributed by atoms with Crippen LogP contribution in [0.2, 0.25) is 0 Å². The SMILES string of the molecule is C=CCOc1ccc(C(C)(CCCOC(=O)C(C)(C)Br)c2ccc(OCC=C)cc2)cc1. The van der Waals surface area contributed by atoms with Crippen LogP contribution in [-0.2, 0) is 14.9 Å². The summed E-state index contributed by atoms with van der Waals surface area (Å²) in [6.07, 6.45) is 4.99. The lowest BCUT2D eigenvalue weighted by atomic mass is 9.73. The number of carbonyl (C=O) groups excluding carboxylic acids is 1. The van der Waals surface area contributed by atoms with Crippen molar-refractivity contribution < 1.29 is 19.0 Å². The Morgan fingerprint density at radius 3 is 1.69 bits per heavy atom. The number of carbonyl (C=O) groups is 1. The Morgan fingerprint density at radius 1 is 0.875 bits per heavy atom. The minimum absolute atomic E-state index is 0.258. The van der Waals surface area contributed by atoms with Gasteiger partial charge in [0.05, 0.1) is 6.61 Å². The van der Waals surface area contributed by atoms with Gasteiger partial charge in [0.1, 0.15) is 29.0 Å². The largest absolute Gasteiger partial charge is 0.490 e. The molecule has 0 saturated carbocycles. The molecule has 0 unspecified atom stereocenters. The minimum atomic E-state index is -0.682. The van der Waals surface area contributed by atoms with E-state index in [1.807, 2.05) is 24.3 Å². The van der Waals surface area contributed by atoms with Crippen molar-refractivity contribution >= 4 is 21.9 Å². The first-order valence-electron chi connectivity index (χ1n) is 10.8. The average molecular weight is 501 g/mol. The number of ether oxygens (including phenoxy) is 3. The van der Waals surface area contributed by atoms with Crippen molar-refractivity contribution in [2.24, 2.45) is 0 Å². The van der Waals surface area contributed by atoms with Gasteiger partial charge in [-0.25, -0.2) is 0 Å². The van der Waals surface area contributed by atoms with Crippen molar-refractivity contribution in [3.05, 3.63) is 85.0 Å². The Labute approximate surface area is 200 Å². The molecule has 2 aromatic carbocycles. The van der Waals surface area contributed by atoms with E-state index in [1.54, 1.807) is 26.0 Å². The van der Waals surface area contributed by atoms with Crippen molar-refractivity contribution in [3.63, 3.8) is 0 Å². The topological polar surface area (TPSA) is 44.8 Å². The Bertz CT molecular complexity index is 824. The first-order valence-corrected chi connectivity index (χ1v) is 11.5. The Morgan fingerprint density at radius 2 is 1.31 bits per heavy atom. The molecule has 0 saturated heterocycles. The Kier molecular flexibility index (Phi) is 9.58. The van der Waals surface area contributed by atoms with Gasteiger partial charge < -0.3 is 14.2 Å². The van der Waals surface area contributed by atoms with E-state index >= 15 is 0 Å². The van der Waals surface area contributed by atoms with Crippen LogP contribution in [0.1, 0.15) is 44.7 Å². The molecule has 0 atom stereocenters. The molecule has 0 amide bonds. The maximum Gasteiger partial charge on any atom is 0.322 e. The van der Waals surface area contributed by atoms with E-state index < -0.39 is 4.32 Å². The summed E-state index contributed by atoms with van der Waals surface area (Å²) in [5.74, 6) is 1.35. The third kappa shape index (κ3) is 7.27. The predicted octanol–water partition coefficient (Wildman–Crippen LogP) is 6.62. The van der Waals surface area contributed by atoms with Gasteiger partial charge in [0.25, 0.3) is 0 Å². The van der Waals surface area contributed by atoms with Crippen molar-refractivity contribution in [2.75, 3.05) is 19.8 Å². The second-order valence-corrected chi connectivity index (χ2v) is 10.3. The summed E-state index contributed by atoms with van der Waals surface area (Å²) < 4.78 is 16.0. The third-order valence-electron chi connectivity index (χ3n) is 5.26. The van der Waals surface area contributed by atoms with Crippen LogP contribution < -0.4 is 9.47 Å². The molecule has 172 valence electrons. The molecule has 5 heteroatoms. The van der Waals surface area contributed by atoms with Gasteiger partial charge in [-0.05, 0) is 62.1 Å². The highest BCUT2D eigenvalue weighted by Gasteiger charge is 2.30. The normalized spacial score (nSPS) is 11.5. The fourth-order valence-electron chi connectivity index (χ4n) is 3.37. The molecule has 0 aliphatic rings. The molecular formula is C27H33BrO4. The molecular weight excluding hydrogens is 468 g/mol. The van der Waals surface area contributed by atoms with Crippen molar-refractivity contribution in [2.45, 2.75) is 43.4 Å². The van der Waals surface area contributed by atoms with Crippen molar-refractivity contribution in [3.8, 4) is 11.5 Å². The van der Waals surface area contributed by atoms with E-state index in [1.165, 1.54) is 0 Å². The lowest BCUT2D eigenvalue weighted by Crippen LogP contribution is -2.28. The average Bonchev–Trinajstić information content (AvgIpc) is 2.78. The Balaban J connectivity index is 2.22. The number of hydrogen-bond donors (Lipinski definition) is 0. The van der Waals surface area contributed by atoms with Crippen LogP contribution in [0.3, 0.4) is 0 Å². The number of hydrogen-bond acceptors (Lipinski definition) is 4. The second kappa shape index (κ2) is 11.9. The molecule has 0 aromatic heterocycles. The van der Waals surface area contributed by atoms with Crippen LogP contribution in [0.5, 0.6) is 11.5 Å². The number of benzene rings is 2. The maximum atomic E-state index is 12.1. The van der Waals surface area contributed by atoms with E-state index in [0.717, 1.165) is 35.5 Å². The third-order valence-corrected chi connectivity index (χ3v) is 5.58. The summed E-state index contributed by atoms with van der Waals surface area (Å²) in [5.41, 5.74) is 2.05. The lowest BCUT2D eigenvalue weighted by Gasteiger charge is -2.31. The van der Waals surface area contributed by atoms with Crippen LogP contribution in [0.25, 0.3) is 0 Å². The maximum absolute atomic E-state index is 12.1. The first-order chi connectivity index (χ1) is 15.2. The fourth-order valence-corrected chi connectivity index (χ4v) is 3.48. The zero-order valence-corrected chi connectivity index (χ0v) is 20.8. The molecule has 0 N–H and O–H groups in total. The highest BCUT2D eigenvalue weighted by atomic mass is 79.9. The molecule has 32 heavy (non-hydrogen) atoms. The van der Waals surface area contributed by atoms with Gasteiger partial charge in [-0.3, -0.25) is 4.79 Å². The fraction of sp³-hybridized carbons (Fsp3) is 0.370. The van der Waals surface area contributed by atoms with Crippen molar-refractivity contribution in [1.29, 1.82) is 0 Å². The van der Waals surface area contributed by atoms with E-state index in [2.05, 4.69) is 60.3 Å². The zero-order chi connectivity index (χ0) is 23.6. The van der Waals surface area contributed by atoms with Gasteiger partial charge in [0.15, 0.2) is 0 Å². The zero-order valence-electron chi connectivity index (χ0n) is 19.2. The van der Waals surface area contributed by atoms with Crippen LogP contribution in [-0.4, -0.2) is 30.1 Å². The van der Waals surface area contributed by atoms with Crippen LogP contribution in [0, 0.1) is 0 Å². The summed E-state index contributed by atoms with van der Waals surface area (Å²) in [5, 5.41) is 0.